The molecule has 0 aliphatic carbocycles. The van der Waals surface area contributed by atoms with Gasteiger partial charge in [0.05, 0.1) is 0 Å². The van der Waals surface area contributed by atoms with E-state index in [1.54, 1.807) is 0 Å². The highest BCUT2D eigenvalue weighted by Gasteiger charge is 2.14. The van der Waals surface area contributed by atoms with Gasteiger partial charge in [-0.2, -0.15) is 0 Å². The lowest BCUT2D eigenvalue weighted by molar-refractivity contribution is 0.826. The van der Waals surface area contributed by atoms with E-state index in [4.69, 9.17) is 0 Å². The number of hydrogen-bond donors (Lipinski definition) is 0. The van der Waals surface area contributed by atoms with Gasteiger partial charge in [-0.1, -0.05) is 29.8 Å². The lowest BCUT2D eigenvalue weighted by Gasteiger charge is -2.23. The molecule has 1 aliphatic heterocycles. The van der Waals surface area contributed by atoms with E-state index >= 15 is 0 Å². The minimum atomic E-state index is 0.544. The largest absolute Gasteiger partial charge is 0.362 e. The average Bonchev–Trinajstić information content (AvgIpc) is 2.53. The molecule has 1 heteroatoms. The normalized spacial score (nSPS) is 21.1. The van der Waals surface area contributed by atoms with Crippen LogP contribution in [-0.2, 0) is 0 Å². The third-order valence-corrected chi connectivity index (χ3v) is 2.57. The molecule has 1 unspecified atom stereocenters. The SMILES string of the molecule is Cc1ccc(N2CC=CC2C)cc1. The van der Waals surface area contributed by atoms with Crippen molar-refractivity contribution in [1.82, 2.24) is 0 Å². The van der Waals surface area contributed by atoms with Gasteiger partial charge in [-0.15, -0.1) is 0 Å². The van der Waals surface area contributed by atoms with E-state index in [2.05, 4.69) is 55.2 Å². The predicted octanol–water partition coefficient (Wildman–Crippen LogP) is 2.76. The zero-order chi connectivity index (χ0) is 9.26. The van der Waals surface area contributed by atoms with E-state index in [0.29, 0.717) is 6.04 Å². The van der Waals surface area contributed by atoms with Crippen LogP contribution in [0.3, 0.4) is 0 Å². The molecule has 0 radical (unpaired) electrons. The first kappa shape index (κ1) is 8.36. The minimum Gasteiger partial charge on any atom is -0.362 e. The fourth-order valence-corrected chi connectivity index (χ4v) is 1.72. The van der Waals surface area contributed by atoms with Gasteiger partial charge in [-0.3, -0.25) is 0 Å². The number of hydrogen-bond acceptors (Lipinski definition) is 1. The summed E-state index contributed by atoms with van der Waals surface area (Å²) in [7, 11) is 0. The number of anilines is 1. The summed E-state index contributed by atoms with van der Waals surface area (Å²) in [5.74, 6) is 0. The van der Waals surface area contributed by atoms with Crippen LogP contribution in [0.25, 0.3) is 0 Å². The molecule has 0 fully saturated rings. The van der Waals surface area contributed by atoms with Gasteiger partial charge in [-0.25, -0.2) is 0 Å². The van der Waals surface area contributed by atoms with Crippen molar-refractivity contribution in [3.05, 3.63) is 42.0 Å². The monoisotopic (exact) mass is 173 g/mol. The summed E-state index contributed by atoms with van der Waals surface area (Å²) in [5.41, 5.74) is 2.65. The molecule has 0 spiro atoms. The average molecular weight is 173 g/mol. The molecular weight excluding hydrogens is 158 g/mol. The van der Waals surface area contributed by atoms with Crippen molar-refractivity contribution >= 4 is 5.69 Å². The van der Waals surface area contributed by atoms with Crippen LogP contribution in [0.15, 0.2) is 36.4 Å². The molecule has 1 heterocycles. The van der Waals surface area contributed by atoms with Crippen LogP contribution in [0, 0.1) is 6.92 Å². The maximum absolute atomic E-state index is 2.39. The van der Waals surface area contributed by atoms with E-state index in [0.717, 1.165) is 6.54 Å². The molecule has 68 valence electrons. The highest BCUT2D eigenvalue weighted by atomic mass is 15.2. The lowest BCUT2D eigenvalue weighted by atomic mass is 10.2. The highest BCUT2D eigenvalue weighted by Crippen LogP contribution is 2.21. The van der Waals surface area contributed by atoms with Crippen LogP contribution >= 0.6 is 0 Å². The van der Waals surface area contributed by atoms with Gasteiger partial charge < -0.3 is 4.90 Å². The van der Waals surface area contributed by atoms with E-state index in [1.165, 1.54) is 11.3 Å². The van der Waals surface area contributed by atoms with Gasteiger partial charge in [0.2, 0.25) is 0 Å². The van der Waals surface area contributed by atoms with Crippen LogP contribution in [0.1, 0.15) is 12.5 Å². The molecule has 1 aromatic carbocycles. The van der Waals surface area contributed by atoms with Crippen molar-refractivity contribution in [1.29, 1.82) is 0 Å². The van der Waals surface area contributed by atoms with Gasteiger partial charge in [0.1, 0.15) is 0 Å². The lowest BCUT2D eigenvalue weighted by Crippen LogP contribution is -2.26. The first-order valence-electron chi connectivity index (χ1n) is 4.77. The first-order valence-corrected chi connectivity index (χ1v) is 4.77. The number of rotatable bonds is 1. The summed E-state index contributed by atoms with van der Waals surface area (Å²) in [5, 5.41) is 0. The number of nitrogens with zero attached hydrogens (tertiary/aromatic N) is 1. The molecule has 1 aliphatic rings. The van der Waals surface area contributed by atoms with Crippen molar-refractivity contribution in [2.75, 3.05) is 11.4 Å². The van der Waals surface area contributed by atoms with Crippen molar-refractivity contribution in [2.24, 2.45) is 0 Å². The number of aryl methyl sites for hydroxylation is 1. The molecule has 2 rings (SSSR count). The molecule has 1 atom stereocenters. The fourth-order valence-electron chi connectivity index (χ4n) is 1.72. The Balaban J connectivity index is 2.21. The Hall–Kier alpha value is -1.24. The van der Waals surface area contributed by atoms with Crippen LogP contribution in [0.4, 0.5) is 5.69 Å². The van der Waals surface area contributed by atoms with Crippen molar-refractivity contribution < 1.29 is 0 Å². The maximum atomic E-state index is 2.39. The first-order chi connectivity index (χ1) is 6.27. The molecular formula is C12H15N. The quantitative estimate of drug-likeness (QED) is 0.590. The van der Waals surface area contributed by atoms with E-state index < -0.39 is 0 Å². The molecule has 13 heavy (non-hydrogen) atoms. The standard InChI is InChI=1S/C12H15N/c1-10-5-7-12(8-6-10)13-9-3-4-11(13)2/h3-8,11H,9H2,1-2H3. The topological polar surface area (TPSA) is 3.24 Å². The summed E-state index contributed by atoms with van der Waals surface area (Å²) in [6, 6.07) is 9.26. The Morgan fingerprint density at radius 1 is 1.23 bits per heavy atom. The Kier molecular flexibility index (Phi) is 2.09. The molecule has 0 aromatic heterocycles. The van der Waals surface area contributed by atoms with Crippen LogP contribution in [0.5, 0.6) is 0 Å². The van der Waals surface area contributed by atoms with Gasteiger partial charge in [0, 0.05) is 18.3 Å². The molecule has 1 aromatic rings. The summed E-state index contributed by atoms with van der Waals surface area (Å²) in [6.07, 6.45) is 4.48. The molecule has 0 saturated carbocycles. The zero-order valence-corrected chi connectivity index (χ0v) is 8.20. The third kappa shape index (κ3) is 1.59. The third-order valence-electron chi connectivity index (χ3n) is 2.57. The van der Waals surface area contributed by atoms with Gasteiger partial charge >= 0.3 is 0 Å². The Bertz CT molecular complexity index is 310. The Morgan fingerprint density at radius 2 is 1.92 bits per heavy atom. The minimum absolute atomic E-state index is 0.544. The second-order valence-corrected chi connectivity index (χ2v) is 3.66. The van der Waals surface area contributed by atoms with Crippen LogP contribution in [0.2, 0.25) is 0 Å². The van der Waals surface area contributed by atoms with Crippen molar-refractivity contribution in [3.8, 4) is 0 Å². The summed E-state index contributed by atoms with van der Waals surface area (Å²) < 4.78 is 0. The van der Waals surface area contributed by atoms with Crippen molar-refractivity contribution in [2.45, 2.75) is 19.9 Å². The molecule has 0 bridgehead atoms. The van der Waals surface area contributed by atoms with E-state index in [1.807, 2.05) is 0 Å². The maximum Gasteiger partial charge on any atom is 0.0448 e. The summed E-state index contributed by atoms with van der Waals surface area (Å²) in [6.45, 7) is 5.39. The van der Waals surface area contributed by atoms with Gasteiger partial charge in [-0.05, 0) is 26.0 Å². The number of benzene rings is 1. The summed E-state index contributed by atoms with van der Waals surface area (Å²) >= 11 is 0. The van der Waals surface area contributed by atoms with E-state index in [-0.39, 0.29) is 0 Å². The van der Waals surface area contributed by atoms with Gasteiger partial charge in [0.25, 0.3) is 0 Å². The molecule has 0 saturated heterocycles. The van der Waals surface area contributed by atoms with Crippen LogP contribution in [-0.4, -0.2) is 12.6 Å². The Morgan fingerprint density at radius 3 is 2.46 bits per heavy atom. The molecule has 0 N–H and O–H groups in total. The molecule has 1 nitrogen and oxygen atoms in total. The second-order valence-electron chi connectivity index (χ2n) is 3.66. The smallest absolute Gasteiger partial charge is 0.0448 e. The van der Waals surface area contributed by atoms with Crippen molar-refractivity contribution in [3.63, 3.8) is 0 Å². The second kappa shape index (κ2) is 3.25. The Labute approximate surface area is 79.7 Å². The summed E-state index contributed by atoms with van der Waals surface area (Å²) in [4.78, 5) is 2.39. The fraction of sp³-hybridized carbons (Fsp3) is 0.333. The molecule has 0 amide bonds. The van der Waals surface area contributed by atoms with E-state index in [9.17, 15) is 0 Å². The van der Waals surface area contributed by atoms with Gasteiger partial charge in [0.15, 0.2) is 0 Å². The predicted molar refractivity (Wildman–Crippen MR) is 57.1 cm³/mol. The zero-order valence-electron chi connectivity index (χ0n) is 8.20. The highest BCUT2D eigenvalue weighted by molar-refractivity contribution is 5.51. The van der Waals surface area contributed by atoms with Crippen LogP contribution < -0.4 is 4.90 Å².